The zero-order chi connectivity index (χ0) is 11.4. The number of aromatic nitrogens is 2. The van der Waals surface area contributed by atoms with E-state index in [2.05, 4.69) is 28.7 Å². The number of hydrogen-bond acceptors (Lipinski definition) is 3. The first-order valence-corrected chi connectivity index (χ1v) is 6.25. The quantitative estimate of drug-likeness (QED) is 0.671. The molecule has 0 amide bonds. The van der Waals surface area contributed by atoms with Gasteiger partial charge in [-0.25, -0.2) is 0 Å². The summed E-state index contributed by atoms with van der Waals surface area (Å²) in [5, 5.41) is 11.4. The van der Waals surface area contributed by atoms with Gasteiger partial charge in [-0.1, -0.05) is 6.92 Å². The molecule has 4 nitrogen and oxygen atoms in total. The summed E-state index contributed by atoms with van der Waals surface area (Å²) in [7, 11) is 2.01. The van der Waals surface area contributed by atoms with Gasteiger partial charge in [-0.05, 0) is 25.3 Å². The molecule has 0 aliphatic heterocycles. The molecule has 2 rings (SSSR count). The Hall–Kier alpha value is -0.870. The van der Waals surface area contributed by atoms with Crippen molar-refractivity contribution < 1.29 is 0 Å². The summed E-state index contributed by atoms with van der Waals surface area (Å²) < 4.78 is 1.97. The molecule has 1 aromatic heterocycles. The van der Waals surface area contributed by atoms with Gasteiger partial charge >= 0.3 is 0 Å². The van der Waals surface area contributed by atoms with E-state index in [4.69, 9.17) is 0 Å². The molecular weight excluding hydrogens is 200 g/mol. The molecule has 0 atom stereocenters. The minimum Gasteiger partial charge on any atom is -0.313 e. The molecular formula is C12H22N4. The summed E-state index contributed by atoms with van der Waals surface area (Å²) >= 11 is 0. The van der Waals surface area contributed by atoms with Crippen LogP contribution < -0.4 is 10.6 Å². The second kappa shape index (κ2) is 5.46. The Morgan fingerprint density at radius 3 is 2.88 bits per heavy atom. The molecule has 4 heteroatoms. The van der Waals surface area contributed by atoms with Crippen LogP contribution in [-0.2, 0) is 20.0 Å². The number of hydrogen-bond donors (Lipinski definition) is 2. The molecule has 1 aliphatic rings. The number of aryl methyl sites for hydroxylation is 2. The topological polar surface area (TPSA) is 41.9 Å². The van der Waals surface area contributed by atoms with E-state index in [-0.39, 0.29) is 0 Å². The predicted molar refractivity (Wildman–Crippen MR) is 65.3 cm³/mol. The van der Waals surface area contributed by atoms with Crippen LogP contribution in [0.15, 0.2) is 6.07 Å². The molecule has 1 aliphatic carbocycles. The highest BCUT2D eigenvalue weighted by Gasteiger charge is 2.19. The van der Waals surface area contributed by atoms with Gasteiger partial charge in [0.05, 0.1) is 11.4 Å². The third kappa shape index (κ3) is 3.32. The molecule has 1 aromatic rings. The van der Waals surface area contributed by atoms with Gasteiger partial charge in [-0.15, -0.1) is 0 Å². The maximum absolute atomic E-state index is 4.43. The summed E-state index contributed by atoms with van der Waals surface area (Å²) in [6, 6.07) is 2.99. The largest absolute Gasteiger partial charge is 0.313 e. The van der Waals surface area contributed by atoms with Gasteiger partial charge < -0.3 is 10.6 Å². The average molecular weight is 222 g/mol. The van der Waals surface area contributed by atoms with Crippen LogP contribution in [0.1, 0.15) is 31.2 Å². The van der Waals surface area contributed by atoms with Crippen molar-refractivity contribution in [2.45, 2.75) is 38.8 Å². The molecule has 0 radical (unpaired) electrons. The van der Waals surface area contributed by atoms with Crippen molar-refractivity contribution in [3.63, 3.8) is 0 Å². The lowest BCUT2D eigenvalue weighted by Gasteiger charge is -2.05. The maximum atomic E-state index is 4.43. The third-order valence-corrected chi connectivity index (χ3v) is 3.01. The van der Waals surface area contributed by atoms with Crippen molar-refractivity contribution in [3.8, 4) is 0 Å². The Labute approximate surface area is 97.4 Å². The highest BCUT2D eigenvalue weighted by atomic mass is 15.3. The van der Waals surface area contributed by atoms with Crippen LogP contribution in [0.5, 0.6) is 0 Å². The minimum absolute atomic E-state index is 0.810. The molecule has 90 valence electrons. The van der Waals surface area contributed by atoms with Crippen molar-refractivity contribution in [1.82, 2.24) is 20.4 Å². The summed E-state index contributed by atoms with van der Waals surface area (Å²) in [5.41, 5.74) is 2.44. The standard InChI is InChI=1S/C12H22N4/c1-3-10-8-12(16(2)15-10)9-13-6-7-14-11-4-5-11/h8,11,13-14H,3-7,9H2,1-2H3. The first kappa shape index (κ1) is 11.6. The van der Waals surface area contributed by atoms with E-state index < -0.39 is 0 Å². The predicted octanol–water partition coefficient (Wildman–Crippen LogP) is 0.824. The van der Waals surface area contributed by atoms with Gasteiger partial charge in [0.15, 0.2) is 0 Å². The van der Waals surface area contributed by atoms with Crippen LogP contribution in [0, 0.1) is 0 Å². The lowest BCUT2D eigenvalue weighted by atomic mass is 10.3. The average Bonchev–Trinajstić information content (AvgIpc) is 3.03. The third-order valence-electron chi connectivity index (χ3n) is 3.01. The molecule has 0 unspecified atom stereocenters. The van der Waals surface area contributed by atoms with E-state index in [1.165, 1.54) is 24.2 Å². The second-order valence-electron chi connectivity index (χ2n) is 4.51. The SMILES string of the molecule is CCc1cc(CNCCNC2CC2)n(C)n1. The monoisotopic (exact) mass is 222 g/mol. The van der Waals surface area contributed by atoms with E-state index in [0.717, 1.165) is 32.1 Å². The van der Waals surface area contributed by atoms with E-state index in [9.17, 15) is 0 Å². The van der Waals surface area contributed by atoms with Crippen LogP contribution in [0.2, 0.25) is 0 Å². The Bertz CT molecular complexity index is 328. The normalized spacial score (nSPS) is 15.6. The molecule has 0 aromatic carbocycles. The molecule has 2 N–H and O–H groups in total. The molecule has 0 bridgehead atoms. The molecule has 16 heavy (non-hydrogen) atoms. The van der Waals surface area contributed by atoms with Crippen LogP contribution in [-0.4, -0.2) is 28.9 Å². The van der Waals surface area contributed by atoms with Crippen molar-refractivity contribution in [3.05, 3.63) is 17.5 Å². The van der Waals surface area contributed by atoms with E-state index in [1.807, 2.05) is 11.7 Å². The number of nitrogens with zero attached hydrogens (tertiary/aromatic N) is 2. The molecule has 1 fully saturated rings. The van der Waals surface area contributed by atoms with Gasteiger partial charge in [-0.2, -0.15) is 5.10 Å². The first-order chi connectivity index (χ1) is 7.79. The second-order valence-corrected chi connectivity index (χ2v) is 4.51. The summed E-state index contributed by atoms with van der Waals surface area (Å²) in [4.78, 5) is 0. The van der Waals surface area contributed by atoms with Crippen LogP contribution in [0.25, 0.3) is 0 Å². The highest BCUT2D eigenvalue weighted by molar-refractivity contribution is 5.09. The van der Waals surface area contributed by atoms with Crippen LogP contribution in [0.3, 0.4) is 0 Å². The molecule has 0 spiro atoms. The smallest absolute Gasteiger partial charge is 0.0625 e. The first-order valence-electron chi connectivity index (χ1n) is 6.25. The number of nitrogens with one attached hydrogen (secondary N) is 2. The summed E-state index contributed by atoms with van der Waals surface area (Å²) in [6.07, 6.45) is 3.74. The van der Waals surface area contributed by atoms with E-state index >= 15 is 0 Å². The van der Waals surface area contributed by atoms with Gasteiger partial charge in [0.25, 0.3) is 0 Å². The van der Waals surface area contributed by atoms with Crippen molar-refractivity contribution in [2.24, 2.45) is 7.05 Å². The molecule has 0 saturated heterocycles. The number of rotatable bonds is 7. The molecule has 1 saturated carbocycles. The fourth-order valence-electron chi connectivity index (χ4n) is 1.78. The van der Waals surface area contributed by atoms with Gasteiger partial charge in [0.2, 0.25) is 0 Å². The van der Waals surface area contributed by atoms with Gasteiger partial charge in [-0.3, -0.25) is 4.68 Å². The van der Waals surface area contributed by atoms with Gasteiger partial charge in [0.1, 0.15) is 0 Å². The molecule has 1 heterocycles. The fourth-order valence-corrected chi connectivity index (χ4v) is 1.78. The van der Waals surface area contributed by atoms with Crippen molar-refractivity contribution in [1.29, 1.82) is 0 Å². The van der Waals surface area contributed by atoms with E-state index in [1.54, 1.807) is 0 Å². The van der Waals surface area contributed by atoms with Crippen LogP contribution in [0.4, 0.5) is 0 Å². The van der Waals surface area contributed by atoms with Crippen molar-refractivity contribution in [2.75, 3.05) is 13.1 Å². The van der Waals surface area contributed by atoms with Gasteiger partial charge in [0, 0.05) is 32.7 Å². The lowest BCUT2D eigenvalue weighted by Crippen LogP contribution is -2.28. The Morgan fingerprint density at radius 1 is 1.44 bits per heavy atom. The summed E-state index contributed by atoms with van der Waals surface area (Å²) in [5.74, 6) is 0. The highest BCUT2D eigenvalue weighted by Crippen LogP contribution is 2.17. The van der Waals surface area contributed by atoms with E-state index in [0.29, 0.717) is 0 Å². The fraction of sp³-hybridized carbons (Fsp3) is 0.750. The van der Waals surface area contributed by atoms with Crippen LogP contribution >= 0.6 is 0 Å². The minimum atomic E-state index is 0.810. The Balaban J connectivity index is 1.65. The Morgan fingerprint density at radius 2 is 2.25 bits per heavy atom. The Kier molecular flexibility index (Phi) is 3.96. The maximum Gasteiger partial charge on any atom is 0.0625 e. The van der Waals surface area contributed by atoms with Crippen molar-refractivity contribution >= 4 is 0 Å². The lowest BCUT2D eigenvalue weighted by molar-refractivity contribution is 0.584. The zero-order valence-corrected chi connectivity index (χ0v) is 10.3. The summed E-state index contributed by atoms with van der Waals surface area (Å²) in [6.45, 7) is 5.15. The zero-order valence-electron chi connectivity index (χ0n) is 10.3.